The normalized spacial score (nSPS) is 16.3. The van der Waals surface area contributed by atoms with Crippen LogP contribution in [0.2, 0.25) is 0 Å². The second-order valence-electron chi connectivity index (χ2n) is 7.43. The highest BCUT2D eigenvalue weighted by Gasteiger charge is 2.25. The van der Waals surface area contributed by atoms with Crippen molar-refractivity contribution in [1.82, 2.24) is 15.5 Å². The van der Waals surface area contributed by atoms with Crippen LogP contribution < -0.4 is 10.6 Å². The Labute approximate surface area is 176 Å². The lowest BCUT2D eigenvalue weighted by molar-refractivity contribution is 0.0487. The predicted molar refractivity (Wildman–Crippen MR) is 118 cm³/mol. The minimum Gasteiger partial charge on any atom is -0.465 e. The van der Waals surface area contributed by atoms with Crippen LogP contribution in [0.1, 0.15) is 57.1 Å². The molecule has 1 aromatic rings. The van der Waals surface area contributed by atoms with Crippen LogP contribution in [-0.2, 0) is 9.47 Å². The molecular weight excluding hydrogens is 368 g/mol. The van der Waals surface area contributed by atoms with Crippen LogP contribution in [0.15, 0.2) is 21.5 Å². The van der Waals surface area contributed by atoms with E-state index in [1.807, 2.05) is 13.0 Å². The summed E-state index contributed by atoms with van der Waals surface area (Å²) in [6, 6.07) is 4.32. The van der Waals surface area contributed by atoms with Crippen LogP contribution in [0.25, 0.3) is 0 Å². The van der Waals surface area contributed by atoms with E-state index in [1.165, 1.54) is 12.8 Å². The first kappa shape index (κ1) is 23.7. The molecule has 0 radical (unpaired) electrons. The van der Waals surface area contributed by atoms with Crippen LogP contribution in [0.5, 0.6) is 0 Å². The lowest BCUT2D eigenvalue weighted by Crippen LogP contribution is -2.40. The molecule has 0 aromatic carbocycles. The Balaban J connectivity index is 1.76. The van der Waals surface area contributed by atoms with Crippen LogP contribution in [0.4, 0.5) is 0 Å². The number of aryl methyl sites for hydroxylation is 1. The average Bonchev–Trinajstić information content (AvgIpc) is 3.39. The highest BCUT2D eigenvalue weighted by atomic mass is 16.5. The third-order valence-electron chi connectivity index (χ3n) is 4.99. The minimum absolute atomic E-state index is 0.193. The molecule has 1 aliphatic rings. The first-order chi connectivity index (χ1) is 14.2. The Morgan fingerprint density at radius 2 is 1.86 bits per heavy atom. The molecule has 166 valence electrons. The van der Waals surface area contributed by atoms with Gasteiger partial charge in [0, 0.05) is 19.7 Å². The standard InChI is InChI=1S/C22H40N4O3/c1-4-6-14-27-16-17-28-15-11-24-22(23-5-2)25-18-20(26-12-7-8-13-26)21-10-9-19(3)29-21/h9-10,20H,4-8,11-18H2,1-3H3,(H2,23,24,25). The van der Waals surface area contributed by atoms with Gasteiger partial charge >= 0.3 is 0 Å². The summed E-state index contributed by atoms with van der Waals surface area (Å²) >= 11 is 0. The van der Waals surface area contributed by atoms with Crippen molar-refractivity contribution in [1.29, 1.82) is 0 Å². The number of guanidine groups is 1. The largest absolute Gasteiger partial charge is 0.465 e. The molecule has 29 heavy (non-hydrogen) atoms. The molecule has 1 atom stereocenters. The minimum atomic E-state index is 0.193. The summed E-state index contributed by atoms with van der Waals surface area (Å²) in [5, 5.41) is 6.68. The Morgan fingerprint density at radius 1 is 1.10 bits per heavy atom. The molecule has 7 nitrogen and oxygen atoms in total. The van der Waals surface area contributed by atoms with Gasteiger partial charge in [-0.3, -0.25) is 9.89 Å². The fourth-order valence-electron chi connectivity index (χ4n) is 3.40. The lowest BCUT2D eigenvalue weighted by Gasteiger charge is -2.24. The summed E-state index contributed by atoms with van der Waals surface area (Å²) in [6.45, 7) is 13.4. The summed E-state index contributed by atoms with van der Waals surface area (Å²) in [5.74, 6) is 2.78. The molecule has 1 fully saturated rings. The molecule has 1 aliphatic heterocycles. The number of ether oxygens (including phenoxy) is 2. The first-order valence-electron chi connectivity index (χ1n) is 11.2. The Kier molecular flexibility index (Phi) is 11.8. The maximum atomic E-state index is 5.93. The van der Waals surface area contributed by atoms with Crippen LogP contribution in [0, 0.1) is 6.92 Å². The van der Waals surface area contributed by atoms with E-state index in [9.17, 15) is 0 Å². The van der Waals surface area contributed by atoms with E-state index >= 15 is 0 Å². The summed E-state index contributed by atoms with van der Waals surface area (Å²) < 4.78 is 17.1. The van der Waals surface area contributed by atoms with Gasteiger partial charge in [-0.1, -0.05) is 13.3 Å². The van der Waals surface area contributed by atoms with E-state index in [-0.39, 0.29) is 6.04 Å². The quantitative estimate of drug-likeness (QED) is 0.280. The van der Waals surface area contributed by atoms with E-state index in [2.05, 4.69) is 35.4 Å². The number of likely N-dealkylation sites (tertiary alicyclic amines) is 1. The third-order valence-corrected chi connectivity index (χ3v) is 4.99. The second kappa shape index (κ2) is 14.4. The van der Waals surface area contributed by atoms with E-state index in [0.29, 0.717) is 26.4 Å². The van der Waals surface area contributed by atoms with Crippen LogP contribution >= 0.6 is 0 Å². The van der Waals surface area contributed by atoms with E-state index in [4.69, 9.17) is 18.9 Å². The van der Waals surface area contributed by atoms with Crippen molar-refractivity contribution in [3.63, 3.8) is 0 Å². The number of hydrogen-bond donors (Lipinski definition) is 2. The van der Waals surface area contributed by atoms with Gasteiger partial charge in [-0.25, -0.2) is 0 Å². The molecule has 0 amide bonds. The zero-order chi connectivity index (χ0) is 20.7. The van der Waals surface area contributed by atoms with Gasteiger partial charge in [0.15, 0.2) is 5.96 Å². The molecule has 1 unspecified atom stereocenters. The molecule has 1 aromatic heterocycles. The predicted octanol–water partition coefficient (Wildman–Crippen LogP) is 3.11. The highest BCUT2D eigenvalue weighted by Crippen LogP contribution is 2.26. The zero-order valence-corrected chi connectivity index (χ0v) is 18.5. The number of aliphatic imine (C=N–C) groups is 1. The highest BCUT2D eigenvalue weighted by molar-refractivity contribution is 5.79. The van der Waals surface area contributed by atoms with Gasteiger partial charge in [-0.15, -0.1) is 0 Å². The molecule has 0 spiro atoms. The number of rotatable bonds is 14. The summed E-state index contributed by atoms with van der Waals surface area (Å²) in [7, 11) is 0. The Bertz CT molecular complexity index is 570. The molecule has 2 N–H and O–H groups in total. The molecule has 0 aliphatic carbocycles. The Morgan fingerprint density at radius 3 is 2.52 bits per heavy atom. The van der Waals surface area contributed by atoms with Crippen molar-refractivity contribution in [3.8, 4) is 0 Å². The van der Waals surface area contributed by atoms with Crippen molar-refractivity contribution in [2.24, 2.45) is 4.99 Å². The number of hydrogen-bond acceptors (Lipinski definition) is 5. The van der Waals surface area contributed by atoms with Gasteiger partial charge in [0.25, 0.3) is 0 Å². The summed E-state index contributed by atoms with van der Waals surface area (Å²) in [6.07, 6.45) is 4.77. The average molecular weight is 409 g/mol. The number of nitrogens with one attached hydrogen (secondary N) is 2. The maximum Gasteiger partial charge on any atom is 0.191 e. The maximum absolute atomic E-state index is 5.93. The summed E-state index contributed by atoms with van der Waals surface area (Å²) in [4.78, 5) is 7.30. The van der Waals surface area contributed by atoms with Crippen LogP contribution in [0.3, 0.4) is 0 Å². The topological polar surface area (TPSA) is 71.3 Å². The van der Waals surface area contributed by atoms with Crippen molar-refractivity contribution < 1.29 is 13.9 Å². The van der Waals surface area contributed by atoms with Gasteiger partial charge in [0.05, 0.1) is 32.4 Å². The van der Waals surface area contributed by atoms with E-state index < -0.39 is 0 Å². The van der Waals surface area contributed by atoms with Crippen molar-refractivity contribution in [2.45, 2.75) is 52.5 Å². The molecule has 0 bridgehead atoms. The molecule has 2 rings (SSSR count). The Hall–Kier alpha value is -1.57. The number of furan rings is 1. The monoisotopic (exact) mass is 408 g/mol. The van der Waals surface area contributed by atoms with Crippen molar-refractivity contribution >= 4 is 5.96 Å². The lowest BCUT2D eigenvalue weighted by atomic mass is 10.2. The van der Waals surface area contributed by atoms with Crippen molar-refractivity contribution in [2.75, 3.05) is 59.2 Å². The third kappa shape index (κ3) is 9.19. The van der Waals surface area contributed by atoms with Gasteiger partial charge in [0.2, 0.25) is 0 Å². The van der Waals surface area contributed by atoms with E-state index in [0.717, 1.165) is 63.1 Å². The van der Waals surface area contributed by atoms with Gasteiger partial charge in [-0.2, -0.15) is 0 Å². The first-order valence-corrected chi connectivity index (χ1v) is 11.2. The fourth-order valence-corrected chi connectivity index (χ4v) is 3.40. The molecule has 2 heterocycles. The number of nitrogens with zero attached hydrogens (tertiary/aromatic N) is 2. The van der Waals surface area contributed by atoms with Gasteiger partial charge < -0.3 is 24.5 Å². The molecule has 7 heteroatoms. The number of unbranched alkanes of at least 4 members (excludes halogenated alkanes) is 1. The van der Waals surface area contributed by atoms with E-state index in [1.54, 1.807) is 0 Å². The fraction of sp³-hybridized carbons (Fsp3) is 0.773. The smallest absolute Gasteiger partial charge is 0.191 e. The molecular formula is C22H40N4O3. The summed E-state index contributed by atoms with van der Waals surface area (Å²) in [5.41, 5.74) is 0. The van der Waals surface area contributed by atoms with Crippen molar-refractivity contribution in [3.05, 3.63) is 23.7 Å². The van der Waals surface area contributed by atoms with Gasteiger partial charge in [0.1, 0.15) is 11.5 Å². The zero-order valence-electron chi connectivity index (χ0n) is 18.5. The molecule has 0 saturated carbocycles. The van der Waals surface area contributed by atoms with Crippen LogP contribution in [-0.4, -0.2) is 70.0 Å². The second-order valence-corrected chi connectivity index (χ2v) is 7.43. The van der Waals surface area contributed by atoms with Gasteiger partial charge in [-0.05, 0) is 58.3 Å². The molecule has 1 saturated heterocycles. The SMILES string of the molecule is CCCCOCCOCCNC(=NCC(c1ccc(C)o1)N1CCCC1)NCC.